The number of carbonyl (C=O) groups is 1. The second kappa shape index (κ2) is 11.1. The molecule has 1 saturated heterocycles. The lowest BCUT2D eigenvalue weighted by Gasteiger charge is -2.29. The summed E-state index contributed by atoms with van der Waals surface area (Å²) >= 11 is 12.1. The van der Waals surface area contributed by atoms with E-state index in [1.807, 2.05) is 67.6 Å². The summed E-state index contributed by atoms with van der Waals surface area (Å²) in [6.45, 7) is 6.03. The first-order chi connectivity index (χ1) is 18.8. The Morgan fingerprint density at radius 3 is 2.51 bits per heavy atom. The lowest BCUT2D eigenvalue weighted by atomic mass is 9.96. The molecule has 7 nitrogen and oxygen atoms in total. The molecular formula is C30H30ClN5O2S. The van der Waals surface area contributed by atoms with Gasteiger partial charge in [-0.2, -0.15) is 0 Å². The van der Waals surface area contributed by atoms with Crippen molar-refractivity contribution >= 4 is 46.2 Å². The normalized spacial score (nSPS) is 16.7. The average Bonchev–Trinajstić information content (AvgIpc) is 3.44. The molecule has 3 heterocycles. The second-order valence-corrected chi connectivity index (χ2v) is 10.2. The number of anilines is 2. The molecule has 39 heavy (non-hydrogen) atoms. The standard InChI is InChI=1S/C30H30ClN5O2S/c1-5-27(37)33-24-14-13-22(17-26(24)38-4)36-29(28(34-30(36)39)25-8-6-7-15-32-25)23-16-18(2)35(19(23)3)21-11-9-20(31)10-12-21/h6-17,28-29H,5H2,1-4H3,(H,33,37)(H,34,39)/t28-,29-/m0/s1. The minimum atomic E-state index is -0.194. The third kappa shape index (κ3) is 5.10. The van der Waals surface area contributed by atoms with Gasteiger partial charge >= 0.3 is 0 Å². The largest absolute Gasteiger partial charge is 0.494 e. The predicted octanol–water partition coefficient (Wildman–Crippen LogP) is 6.68. The highest BCUT2D eigenvalue weighted by Crippen LogP contribution is 2.45. The van der Waals surface area contributed by atoms with Crippen LogP contribution in [-0.4, -0.2) is 27.7 Å². The molecule has 1 aliphatic heterocycles. The summed E-state index contributed by atoms with van der Waals surface area (Å²) in [6.07, 6.45) is 2.17. The third-order valence-corrected chi connectivity index (χ3v) is 7.60. The van der Waals surface area contributed by atoms with Crippen molar-refractivity contribution in [3.8, 4) is 11.4 Å². The van der Waals surface area contributed by atoms with Crippen molar-refractivity contribution < 1.29 is 9.53 Å². The van der Waals surface area contributed by atoms with Gasteiger partial charge in [-0.25, -0.2) is 0 Å². The Morgan fingerprint density at radius 2 is 1.85 bits per heavy atom. The molecule has 200 valence electrons. The fourth-order valence-electron chi connectivity index (χ4n) is 5.20. The number of benzene rings is 2. The molecule has 2 N–H and O–H groups in total. The van der Waals surface area contributed by atoms with E-state index in [2.05, 4.69) is 45.0 Å². The first-order valence-electron chi connectivity index (χ1n) is 12.8. The zero-order valence-corrected chi connectivity index (χ0v) is 23.8. The van der Waals surface area contributed by atoms with E-state index in [4.69, 9.17) is 28.6 Å². The lowest BCUT2D eigenvalue weighted by molar-refractivity contribution is -0.115. The Labute approximate surface area is 238 Å². The summed E-state index contributed by atoms with van der Waals surface area (Å²) < 4.78 is 7.89. The highest BCUT2D eigenvalue weighted by Gasteiger charge is 2.42. The number of hydrogen-bond donors (Lipinski definition) is 2. The van der Waals surface area contributed by atoms with E-state index in [0.29, 0.717) is 28.0 Å². The molecule has 0 radical (unpaired) electrons. The average molecular weight is 560 g/mol. The van der Waals surface area contributed by atoms with Gasteiger partial charge in [0.25, 0.3) is 0 Å². The van der Waals surface area contributed by atoms with Crippen molar-refractivity contribution in [1.82, 2.24) is 14.9 Å². The number of thiocarbonyl (C=S) groups is 1. The van der Waals surface area contributed by atoms with Crippen molar-refractivity contribution in [3.05, 3.63) is 101 Å². The summed E-state index contributed by atoms with van der Waals surface area (Å²) in [5.74, 6) is 0.478. The van der Waals surface area contributed by atoms with Gasteiger partial charge in [-0.1, -0.05) is 24.6 Å². The summed E-state index contributed by atoms with van der Waals surface area (Å²) in [7, 11) is 1.59. The van der Waals surface area contributed by atoms with Crippen LogP contribution >= 0.6 is 23.8 Å². The zero-order chi connectivity index (χ0) is 27.7. The van der Waals surface area contributed by atoms with Gasteiger partial charge in [0.2, 0.25) is 5.91 Å². The van der Waals surface area contributed by atoms with Crippen LogP contribution < -0.4 is 20.3 Å². The topological polar surface area (TPSA) is 71.4 Å². The Morgan fingerprint density at radius 1 is 1.10 bits per heavy atom. The van der Waals surface area contributed by atoms with Crippen LogP contribution in [0.3, 0.4) is 0 Å². The van der Waals surface area contributed by atoms with E-state index in [1.54, 1.807) is 13.3 Å². The number of nitrogens with zero attached hydrogens (tertiary/aromatic N) is 3. The lowest BCUT2D eigenvalue weighted by Crippen LogP contribution is -2.29. The maximum Gasteiger partial charge on any atom is 0.224 e. The van der Waals surface area contributed by atoms with Crippen LogP contribution in [0.2, 0.25) is 5.02 Å². The van der Waals surface area contributed by atoms with Gasteiger partial charge in [0, 0.05) is 46.5 Å². The van der Waals surface area contributed by atoms with Crippen molar-refractivity contribution in [1.29, 1.82) is 0 Å². The molecule has 0 unspecified atom stereocenters. The van der Waals surface area contributed by atoms with Gasteiger partial charge in [-0.05, 0) is 86.2 Å². The van der Waals surface area contributed by atoms with E-state index < -0.39 is 0 Å². The van der Waals surface area contributed by atoms with Gasteiger partial charge in [0.05, 0.1) is 30.6 Å². The van der Waals surface area contributed by atoms with Crippen LogP contribution in [0, 0.1) is 13.8 Å². The maximum atomic E-state index is 12.1. The van der Waals surface area contributed by atoms with Crippen LogP contribution in [0.15, 0.2) is 72.9 Å². The number of carbonyl (C=O) groups excluding carboxylic acids is 1. The summed E-state index contributed by atoms with van der Waals surface area (Å²) in [5, 5.41) is 7.71. The third-order valence-electron chi connectivity index (χ3n) is 7.03. The highest BCUT2D eigenvalue weighted by molar-refractivity contribution is 7.80. The number of aryl methyl sites for hydroxylation is 1. The fourth-order valence-corrected chi connectivity index (χ4v) is 5.67. The number of pyridine rings is 1. The van der Waals surface area contributed by atoms with E-state index >= 15 is 0 Å². The molecule has 1 aliphatic rings. The molecule has 4 aromatic rings. The maximum absolute atomic E-state index is 12.1. The molecule has 0 bridgehead atoms. The van der Waals surface area contributed by atoms with E-state index in [-0.39, 0.29) is 18.0 Å². The smallest absolute Gasteiger partial charge is 0.224 e. The monoisotopic (exact) mass is 559 g/mol. The summed E-state index contributed by atoms with van der Waals surface area (Å²) in [4.78, 5) is 18.8. The van der Waals surface area contributed by atoms with Gasteiger partial charge in [-0.3, -0.25) is 9.78 Å². The molecule has 0 aliphatic carbocycles. The zero-order valence-electron chi connectivity index (χ0n) is 22.2. The van der Waals surface area contributed by atoms with E-state index in [9.17, 15) is 4.79 Å². The number of aromatic nitrogens is 2. The van der Waals surface area contributed by atoms with Crippen molar-refractivity contribution in [3.63, 3.8) is 0 Å². The number of nitrogens with one attached hydrogen (secondary N) is 2. The number of amides is 1. The summed E-state index contributed by atoms with van der Waals surface area (Å²) in [5.41, 5.74) is 6.69. The van der Waals surface area contributed by atoms with Gasteiger partial charge in [0.15, 0.2) is 5.11 Å². The molecule has 0 spiro atoms. The van der Waals surface area contributed by atoms with Crippen LogP contribution in [0.4, 0.5) is 11.4 Å². The number of methoxy groups -OCH3 is 1. The van der Waals surface area contributed by atoms with Crippen LogP contribution in [0.25, 0.3) is 5.69 Å². The van der Waals surface area contributed by atoms with Crippen molar-refractivity contribution in [2.45, 2.75) is 39.3 Å². The van der Waals surface area contributed by atoms with Crippen molar-refractivity contribution in [2.24, 2.45) is 0 Å². The van der Waals surface area contributed by atoms with Crippen molar-refractivity contribution in [2.75, 3.05) is 17.3 Å². The first-order valence-corrected chi connectivity index (χ1v) is 13.5. The van der Waals surface area contributed by atoms with Crippen LogP contribution in [0.1, 0.15) is 48.1 Å². The molecule has 1 amide bonds. The molecule has 2 aromatic carbocycles. The number of halogens is 1. The Bertz CT molecular complexity index is 1520. The second-order valence-electron chi connectivity index (χ2n) is 9.42. The van der Waals surface area contributed by atoms with Gasteiger partial charge in [-0.15, -0.1) is 0 Å². The van der Waals surface area contributed by atoms with Gasteiger partial charge in [0.1, 0.15) is 5.75 Å². The molecule has 2 aromatic heterocycles. The van der Waals surface area contributed by atoms with E-state index in [1.165, 1.54) is 0 Å². The molecule has 9 heteroatoms. The molecule has 1 fully saturated rings. The molecule has 0 saturated carbocycles. The van der Waals surface area contributed by atoms with Crippen LogP contribution in [-0.2, 0) is 4.79 Å². The highest BCUT2D eigenvalue weighted by atomic mass is 35.5. The Balaban J connectivity index is 1.64. The predicted molar refractivity (Wildman–Crippen MR) is 160 cm³/mol. The molecule has 5 rings (SSSR count). The quantitative estimate of drug-likeness (QED) is 0.246. The van der Waals surface area contributed by atoms with Gasteiger partial charge < -0.3 is 24.8 Å². The van der Waals surface area contributed by atoms with Crippen LogP contribution in [0.5, 0.6) is 5.75 Å². The Kier molecular flexibility index (Phi) is 7.59. The molecule has 2 atom stereocenters. The fraction of sp³-hybridized carbons (Fsp3) is 0.233. The minimum Gasteiger partial charge on any atom is -0.494 e. The first kappa shape index (κ1) is 26.7. The Hall–Kier alpha value is -3.88. The SMILES string of the molecule is CCC(=O)Nc1ccc(N2C(=S)N[C@@H](c3ccccn3)[C@@H]2c2cc(C)n(-c3ccc(Cl)cc3)c2C)cc1OC. The number of ether oxygens (including phenoxy) is 1. The number of rotatable bonds is 7. The minimum absolute atomic E-state index is 0.0814. The summed E-state index contributed by atoms with van der Waals surface area (Å²) in [6, 6.07) is 21.3. The number of hydrogen-bond acceptors (Lipinski definition) is 4. The van der Waals surface area contributed by atoms with E-state index in [0.717, 1.165) is 34.0 Å². The molecular weight excluding hydrogens is 530 g/mol.